The molecule has 2 N–H and O–H groups in total. The molecule has 0 unspecified atom stereocenters. The highest BCUT2D eigenvalue weighted by atomic mass is 16.6. The van der Waals surface area contributed by atoms with Crippen LogP contribution in [-0.4, -0.2) is 57.4 Å². The zero-order chi connectivity index (χ0) is 24.4. The molecule has 9 heteroatoms. The van der Waals surface area contributed by atoms with E-state index >= 15 is 0 Å². The van der Waals surface area contributed by atoms with E-state index in [2.05, 4.69) is 9.97 Å². The number of hydrogen-bond acceptors (Lipinski definition) is 8. The summed E-state index contributed by atoms with van der Waals surface area (Å²) in [4.78, 5) is 22.9. The van der Waals surface area contributed by atoms with Crippen LogP contribution in [-0.2, 0) is 16.1 Å². The van der Waals surface area contributed by atoms with E-state index in [1.54, 1.807) is 4.68 Å². The Bertz CT molecular complexity index is 1380. The van der Waals surface area contributed by atoms with E-state index in [0.29, 0.717) is 53.4 Å². The van der Waals surface area contributed by atoms with Gasteiger partial charge in [0.2, 0.25) is 0 Å². The van der Waals surface area contributed by atoms with Gasteiger partial charge in [0.15, 0.2) is 5.65 Å². The van der Waals surface area contributed by atoms with Crippen molar-refractivity contribution in [3.63, 3.8) is 0 Å². The van der Waals surface area contributed by atoms with E-state index in [4.69, 9.17) is 20.3 Å². The second kappa shape index (κ2) is 9.55. The van der Waals surface area contributed by atoms with Crippen LogP contribution >= 0.6 is 0 Å². The average Bonchev–Trinajstić information content (AvgIpc) is 3.39. The fraction of sp³-hybridized carbons (Fsp3) is 0.231. The third-order valence-corrected chi connectivity index (χ3v) is 5.73. The number of benzene rings is 2. The van der Waals surface area contributed by atoms with Crippen LogP contribution in [0.1, 0.15) is 6.42 Å². The number of fused-ring (bicyclic) bond motifs is 1. The first kappa shape index (κ1) is 22.5. The number of ether oxygens (including phenoxy) is 2. The summed E-state index contributed by atoms with van der Waals surface area (Å²) in [6.45, 7) is 1.05. The first-order valence-corrected chi connectivity index (χ1v) is 11.3. The lowest BCUT2D eigenvalue weighted by atomic mass is 10.1. The normalized spacial score (nSPS) is 16.8. The molecule has 1 saturated heterocycles. The second-order valence-corrected chi connectivity index (χ2v) is 8.65. The number of anilines is 1. The molecular weight excluding hydrogens is 444 g/mol. The van der Waals surface area contributed by atoms with Crippen LogP contribution in [0, 0.1) is 0 Å². The first-order valence-electron chi connectivity index (χ1n) is 11.3. The summed E-state index contributed by atoms with van der Waals surface area (Å²) >= 11 is 0. The van der Waals surface area contributed by atoms with Crippen LogP contribution in [0.15, 0.2) is 72.6 Å². The molecule has 0 spiro atoms. The Morgan fingerprint density at radius 3 is 2.60 bits per heavy atom. The molecule has 0 aliphatic carbocycles. The summed E-state index contributed by atoms with van der Waals surface area (Å²) in [5, 5.41) is 5.46. The van der Waals surface area contributed by atoms with E-state index in [0.717, 1.165) is 11.3 Å². The Kier molecular flexibility index (Phi) is 6.15. The van der Waals surface area contributed by atoms with Gasteiger partial charge in [0.25, 0.3) is 0 Å². The van der Waals surface area contributed by atoms with Gasteiger partial charge in [0.1, 0.15) is 35.4 Å². The summed E-state index contributed by atoms with van der Waals surface area (Å²) in [7, 11) is 3.91. The topological polar surface area (TPSA) is 108 Å². The van der Waals surface area contributed by atoms with E-state index in [9.17, 15) is 4.79 Å². The van der Waals surface area contributed by atoms with Crippen LogP contribution in [0.2, 0.25) is 0 Å². The molecule has 1 aliphatic heterocycles. The number of cyclic esters (lactones) is 1. The van der Waals surface area contributed by atoms with Crippen molar-refractivity contribution in [2.75, 3.05) is 26.4 Å². The maximum Gasteiger partial charge on any atom is 0.334 e. The number of carbonyl (C=O) groups excluding carboxylic acids is 1. The lowest BCUT2D eigenvalue weighted by Crippen LogP contribution is -2.17. The number of nitrogen functional groups attached to an aromatic ring is 1. The van der Waals surface area contributed by atoms with Gasteiger partial charge in [0, 0.05) is 24.1 Å². The van der Waals surface area contributed by atoms with E-state index in [-0.39, 0.29) is 12.1 Å². The molecular formula is C26H26N6O3. The van der Waals surface area contributed by atoms with Crippen LogP contribution in [0.3, 0.4) is 0 Å². The van der Waals surface area contributed by atoms with Crippen molar-refractivity contribution in [1.29, 1.82) is 0 Å². The van der Waals surface area contributed by atoms with Crippen molar-refractivity contribution >= 4 is 22.8 Å². The molecule has 2 aromatic carbocycles. The predicted octanol–water partition coefficient (Wildman–Crippen LogP) is 3.67. The van der Waals surface area contributed by atoms with Gasteiger partial charge in [-0.2, -0.15) is 5.10 Å². The molecule has 178 valence electrons. The van der Waals surface area contributed by atoms with Gasteiger partial charge < -0.3 is 20.1 Å². The molecule has 0 radical (unpaired) electrons. The molecule has 1 atom stereocenters. The van der Waals surface area contributed by atoms with Crippen LogP contribution in [0.5, 0.6) is 11.5 Å². The molecule has 1 aliphatic rings. The van der Waals surface area contributed by atoms with Crippen molar-refractivity contribution < 1.29 is 14.3 Å². The Balaban J connectivity index is 1.42. The summed E-state index contributed by atoms with van der Waals surface area (Å²) in [5.41, 5.74) is 9.03. The molecule has 0 saturated carbocycles. The molecule has 35 heavy (non-hydrogen) atoms. The Morgan fingerprint density at radius 1 is 1.11 bits per heavy atom. The van der Waals surface area contributed by atoms with E-state index in [1.807, 2.05) is 79.7 Å². The highest BCUT2D eigenvalue weighted by Gasteiger charge is 2.30. The highest BCUT2D eigenvalue weighted by Crippen LogP contribution is 2.33. The summed E-state index contributed by atoms with van der Waals surface area (Å²) in [5.74, 6) is 1.54. The number of rotatable bonds is 7. The minimum absolute atomic E-state index is 0.281. The summed E-state index contributed by atoms with van der Waals surface area (Å²) in [6.07, 6.45) is 3.52. The first-order chi connectivity index (χ1) is 17.0. The molecule has 3 heterocycles. The molecule has 0 bridgehead atoms. The van der Waals surface area contributed by atoms with Gasteiger partial charge in [-0.1, -0.05) is 24.3 Å². The van der Waals surface area contributed by atoms with Crippen molar-refractivity contribution in [2.24, 2.45) is 0 Å². The van der Waals surface area contributed by atoms with E-state index < -0.39 is 0 Å². The average molecular weight is 471 g/mol. The summed E-state index contributed by atoms with van der Waals surface area (Å²) < 4.78 is 13.2. The number of likely N-dealkylation sites (N-methyl/N-ethyl adjacent to an activating group) is 1. The smallest absolute Gasteiger partial charge is 0.334 e. The molecule has 2 aromatic heterocycles. The highest BCUT2D eigenvalue weighted by molar-refractivity contribution is 5.98. The number of carbonyl (C=O) groups is 1. The quantitative estimate of drug-likeness (QED) is 0.322. The predicted molar refractivity (Wildman–Crippen MR) is 133 cm³/mol. The molecule has 9 nitrogen and oxygen atoms in total. The summed E-state index contributed by atoms with van der Waals surface area (Å²) in [6, 6.07) is 17.2. The minimum Gasteiger partial charge on any atom is -0.457 e. The third-order valence-electron chi connectivity index (χ3n) is 5.73. The van der Waals surface area contributed by atoms with Crippen molar-refractivity contribution in [2.45, 2.75) is 19.1 Å². The van der Waals surface area contributed by atoms with Gasteiger partial charge in [-0.25, -0.2) is 19.4 Å². The number of esters is 1. The number of aromatic nitrogens is 4. The van der Waals surface area contributed by atoms with Crippen LogP contribution in [0.4, 0.5) is 5.82 Å². The van der Waals surface area contributed by atoms with Crippen molar-refractivity contribution in [1.82, 2.24) is 24.6 Å². The van der Waals surface area contributed by atoms with Gasteiger partial charge in [-0.15, -0.1) is 0 Å². The number of para-hydroxylation sites is 1. The van der Waals surface area contributed by atoms with E-state index in [1.165, 1.54) is 6.33 Å². The van der Waals surface area contributed by atoms with Gasteiger partial charge in [0.05, 0.1) is 11.9 Å². The maximum atomic E-state index is 12.3. The largest absolute Gasteiger partial charge is 0.457 e. The third kappa shape index (κ3) is 4.85. The zero-order valence-electron chi connectivity index (χ0n) is 19.6. The Hall–Kier alpha value is -4.24. The number of hydrogen-bond donors (Lipinski definition) is 1. The monoisotopic (exact) mass is 470 g/mol. The lowest BCUT2D eigenvalue weighted by molar-refractivity contribution is -0.139. The molecule has 0 amide bonds. The lowest BCUT2D eigenvalue weighted by Gasteiger charge is -2.09. The van der Waals surface area contributed by atoms with Gasteiger partial charge >= 0.3 is 5.97 Å². The Morgan fingerprint density at radius 2 is 1.86 bits per heavy atom. The van der Waals surface area contributed by atoms with Crippen LogP contribution < -0.4 is 10.5 Å². The number of nitrogens with zero attached hydrogens (tertiary/aromatic N) is 5. The minimum atomic E-state index is -0.329. The van der Waals surface area contributed by atoms with Gasteiger partial charge in [-0.3, -0.25) is 0 Å². The SMILES string of the molecule is CN(C)C/C=C1\C[C@@H](Cn2nc(-c3ccc(Oc4ccccc4)cc3)c3c(N)ncnc32)OC1=O. The number of nitrogens with two attached hydrogens (primary N) is 1. The molecule has 5 rings (SSSR count). The van der Waals surface area contributed by atoms with Gasteiger partial charge in [-0.05, 0) is 50.5 Å². The molecule has 4 aromatic rings. The Labute approximate surface area is 202 Å². The fourth-order valence-electron chi connectivity index (χ4n) is 4.02. The van der Waals surface area contributed by atoms with Crippen molar-refractivity contribution in [3.8, 4) is 22.8 Å². The second-order valence-electron chi connectivity index (χ2n) is 8.65. The standard InChI is InChI=1S/C26H26N6O3/c1-31(2)13-12-18-14-21(35-26(18)33)15-32-25-22(24(27)28-16-29-25)23(30-32)17-8-10-20(11-9-17)34-19-6-4-3-5-7-19/h3-12,16,21H,13-15H2,1-2H3,(H2,27,28,29)/b18-12+/t21-/m0/s1. The zero-order valence-corrected chi connectivity index (χ0v) is 19.6. The van der Waals surface area contributed by atoms with Crippen LogP contribution in [0.25, 0.3) is 22.3 Å². The molecule has 1 fully saturated rings. The maximum absolute atomic E-state index is 12.3. The van der Waals surface area contributed by atoms with Crippen molar-refractivity contribution in [3.05, 3.63) is 72.6 Å². The fourth-order valence-corrected chi connectivity index (χ4v) is 4.02.